The quantitative estimate of drug-likeness (QED) is 0.808. The molecule has 2 atom stereocenters. The average molecular weight is 291 g/mol. The van der Waals surface area contributed by atoms with E-state index in [1.54, 1.807) is 20.8 Å². The lowest BCUT2D eigenvalue weighted by Crippen LogP contribution is -2.36. The number of ether oxygens (including phenoxy) is 1. The van der Waals surface area contributed by atoms with Crippen LogP contribution in [0.4, 0.5) is 4.79 Å². The molecule has 0 aliphatic heterocycles. The monoisotopic (exact) mass is 291 g/mol. The highest BCUT2D eigenvalue weighted by Gasteiger charge is 2.35. The smallest absolute Gasteiger partial charge is 0.441 e. The Balaban J connectivity index is 1.90. The Labute approximate surface area is 124 Å². The van der Waals surface area contributed by atoms with Gasteiger partial charge < -0.3 is 9.57 Å². The third kappa shape index (κ3) is 3.74. The normalized spacial score (nSPS) is 20.6. The fourth-order valence-corrected chi connectivity index (χ4v) is 2.55. The summed E-state index contributed by atoms with van der Waals surface area (Å²) in [6.45, 7) is 7.21. The van der Waals surface area contributed by atoms with Crippen LogP contribution in [-0.4, -0.2) is 17.7 Å². The molecule has 1 aromatic carbocycles. The third-order valence-electron chi connectivity index (χ3n) is 3.53. The van der Waals surface area contributed by atoms with Crippen LogP contribution in [0.3, 0.4) is 0 Å². The molecule has 0 spiro atoms. The van der Waals surface area contributed by atoms with E-state index in [0.717, 1.165) is 11.1 Å². The van der Waals surface area contributed by atoms with Gasteiger partial charge in [-0.3, -0.25) is 0 Å². The number of carbonyl (C=O) groups excluding carboxylic acids is 2. The van der Waals surface area contributed by atoms with Crippen LogP contribution in [-0.2, 0) is 20.8 Å². The predicted octanol–water partition coefficient (Wildman–Crippen LogP) is 2.95. The molecule has 0 saturated heterocycles. The van der Waals surface area contributed by atoms with E-state index in [1.807, 2.05) is 31.2 Å². The van der Waals surface area contributed by atoms with Gasteiger partial charge in [0.25, 0.3) is 0 Å². The first-order chi connectivity index (χ1) is 9.78. The zero-order chi connectivity index (χ0) is 15.6. The molecule has 1 aliphatic carbocycles. The van der Waals surface area contributed by atoms with E-state index in [0.29, 0.717) is 6.42 Å². The van der Waals surface area contributed by atoms with Crippen LogP contribution in [0.1, 0.15) is 44.7 Å². The standard InChI is InChI=1S/C16H21NO4/c1-10-12-8-6-5-7-11(12)9-13(10)14(18)21-17-15(19)20-16(2,3)4/h5-8,10,13H,9H2,1-4H3,(H,17,19). The van der Waals surface area contributed by atoms with Crippen LogP contribution in [0.25, 0.3) is 0 Å². The van der Waals surface area contributed by atoms with Crippen LogP contribution in [0.15, 0.2) is 24.3 Å². The van der Waals surface area contributed by atoms with Gasteiger partial charge in [0.2, 0.25) is 0 Å². The average Bonchev–Trinajstić information content (AvgIpc) is 2.72. The number of fused-ring (bicyclic) bond motifs is 1. The summed E-state index contributed by atoms with van der Waals surface area (Å²) < 4.78 is 5.01. The van der Waals surface area contributed by atoms with Crippen molar-refractivity contribution in [3.63, 3.8) is 0 Å². The van der Waals surface area contributed by atoms with Crippen LogP contribution < -0.4 is 5.48 Å². The molecule has 114 valence electrons. The van der Waals surface area contributed by atoms with Gasteiger partial charge in [0.05, 0.1) is 5.92 Å². The van der Waals surface area contributed by atoms with Crippen LogP contribution in [0.2, 0.25) is 0 Å². The number of hydrogen-bond donors (Lipinski definition) is 1. The molecular weight excluding hydrogens is 270 g/mol. The van der Waals surface area contributed by atoms with Gasteiger partial charge in [0.1, 0.15) is 5.60 Å². The molecule has 0 heterocycles. The zero-order valence-corrected chi connectivity index (χ0v) is 12.8. The van der Waals surface area contributed by atoms with Crippen molar-refractivity contribution in [3.8, 4) is 0 Å². The van der Waals surface area contributed by atoms with E-state index in [9.17, 15) is 9.59 Å². The Hall–Kier alpha value is -2.04. The van der Waals surface area contributed by atoms with Crippen molar-refractivity contribution in [2.24, 2.45) is 5.92 Å². The Morgan fingerprint density at radius 1 is 1.24 bits per heavy atom. The molecule has 0 radical (unpaired) electrons. The second-order valence-corrected chi connectivity index (χ2v) is 6.32. The Morgan fingerprint density at radius 2 is 1.90 bits per heavy atom. The first-order valence-electron chi connectivity index (χ1n) is 7.05. The fraction of sp³-hybridized carbons (Fsp3) is 0.500. The molecule has 21 heavy (non-hydrogen) atoms. The van der Waals surface area contributed by atoms with Gasteiger partial charge in [0.15, 0.2) is 0 Å². The zero-order valence-electron chi connectivity index (χ0n) is 12.8. The van der Waals surface area contributed by atoms with Gasteiger partial charge in [0, 0.05) is 0 Å². The predicted molar refractivity (Wildman–Crippen MR) is 77.5 cm³/mol. The summed E-state index contributed by atoms with van der Waals surface area (Å²) in [7, 11) is 0. The molecular formula is C16H21NO4. The van der Waals surface area contributed by atoms with Gasteiger partial charge in [-0.1, -0.05) is 31.2 Å². The van der Waals surface area contributed by atoms with Crippen molar-refractivity contribution < 1.29 is 19.2 Å². The van der Waals surface area contributed by atoms with E-state index >= 15 is 0 Å². The summed E-state index contributed by atoms with van der Waals surface area (Å²) in [6.07, 6.45) is -0.134. The van der Waals surface area contributed by atoms with Crippen molar-refractivity contribution >= 4 is 12.1 Å². The number of rotatable bonds is 1. The van der Waals surface area contributed by atoms with Crippen LogP contribution in [0.5, 0.6) is 0 Å². The summed E-state index contributed by atoms with van der Waals surface area (Å²) in [5.41, 5.74) is 3.74. The molecule has 1 aliphatic rings. The molecule has 1 amide bonds. The number of hydroxylamine groups is 1. The highest BCUT2D eigenvalue weighted by atomic mass is 16.7. The van der Waals surface area contributed by atoms with Gasteiger partial charge in [-0.15, -0.1) is 5.48 Å². The van der Waals surface area contributed by atoms with Gasteiger partial charge in [-0.2, -0.15) is 0 Å². The van der Waals surface area contributed by atoms with Crippen molar-refractivity contribution in [2.75, 3.05) is 0 Å². The Kier molecular flexibility index (Phi) is 4.21. The first kappa shape index (κ1) is 15.4. The molecule has 0 fully saturated rings. The van der Waals surface area contributed by atoms with E-state index in [2.05, 4.69) is 5.48 Å². The molecule has 1 N–H and O–H groups in total. The lowest BCUT2D eigenvalue weighted by Gasteiger charge is -2.20. The fourth-order valence-electron chi connectivity index (χ4n) is 2.55. The molecule has 0 bridgehead atoms. The van der Waals surface area contributed by atoms with Crippen molar-refractivity contribution in [3.05, 3.63) is 35.4 Å². The molecule has 0 saturated carbocycles. The maximum atomic E-state index is 12.1. The Bertz CT molecular complexity index is 547. The summed E-state index contributed by atoms with van der Waals surface area (Å²) >= 11 is 0. The lowest BCUT2D eigenvalue weighted by atomic mass is 9.95. The van der Waals surface area contributed by atoms with Crippen molar-refractivity contribution in [1.82, 2.24) is 5.48 Å². The lowest BCUT2D eigenvalue weighted by molar-refractivity contribution is -0.155. The van der Waals surface area contributed by atoms with Crippen molar-refractivity contribution in [1.29, 1.82) is 0 Å². The number of nitrogens with one attached hydrogen (secondary N) is 1. The molecule has 0 aromatic heterocycles. The summed E-state index contributed by atoms with van der Waals surface area (Å²) in [4.78, 5) is 28.4. The van der Waals surface area contributed by atoms with E-state index in [-0.39, 0.29) is 11.8 Å². The molecule has 5 nitrogen and oxygen atoms in total. The first-order valence-corrected chi connectivity index (χ1v) is 7.05. The van der Waals surface area contributed by atoms with E-state index in [1.165, 1.54) is 0 Å². The highest BCUT2D eigenvalue weighted by Crippen LogP contribution is 2.37. The number of carbonyl (C=O) groups is 2. The van der Waals surface area contributed by atoms with Gasteiger partial charge in [-0.05, 0) is 44.2 Å². The number of benzene rings is 1. The number of amides is 1. The molecule has 1 aromatic rings. The second kappa shape index (κ2) is 5.76. The largest absolute Gasteiger partial charge is 0.442 e. The SMILES string of the molecule is CC1c2ccccc2CC1C(=O)ONC(=O)OC(C)(C)C. The Morgan fingerprint density at radius 3 is 2.52 bits per heavy atom. The van der Waals surface area contributed by atoms with E-state index < -0.39 is 17.7 Å². The minimum atomic E-state index is -0.765. The molecule has 2 unspecified atom stereocenters. The van der Waals surface area contributed by atoms with Crippen molar-refractivity contribution in [2.45, 2.75) is 45.6 Å². The second-order valence-electron chi connectivity index (χ2n) is 6.32. The summed E-state index contributed by atoms with van der Waals surface area (Å²) in [6, 6.07) is 7.95. The van der Waals surface area contributed by atoms with Crippen LogP contribution >= 0.6 is 0 Å². The molecule has 5 heteroatoms. The topological polar surface area (TPSA) is 64.6 Å². The highest BCUT2D eigenvalue weighted by molar-refractivity contribution is 5.77. The maximum Gasteiger partial charge on any atom is 0.441 e. The van der Waals surface area contributed by atoms with Gasteiger partial charge in [-0.25, -0.2) is 9.59 Å². The minimum absolute atomic E-state index is 0.0779. The number of hydrogen-bond acceptors (Lipinski definition) is 4. The van der Waals surface area contributed by atoms with Gasteiger partial charge >= 0.3 is 12.1 Å². The maximum absolute atomic E-state index is 12.1. The summed E-state index contributed by atoms with van der Waals surface area (Å²) in [5, 5.41) is 0. The molecule has 2 rings (SSSR count). The third-order valence-corrected chi connectivity index (χ3v) is 3.53. The minimum Gasteiger partial charge on any atom is -0.442 e. The summed E-state index contributed by atoms with van der Waals surface area (Å²) in [5.74, 6) is -0.643. The van der Waals surface area contributed by atoms with Crippen LogP contribution in [0, 0.1) is 5.92 Å². The van der Waals surface area contributed by atoms with E-state index in [4.69, 9.17) is 9.57 Å².